The molecule has 0 N–H and O–H groups in total. The van der Waals surface area contributed by atoms with Gasteiger partial charge in [-0.15, -0.1) is 30.5 Å². The van der Waals surface area contributed by atoms with Crippen LogP contribution in [0.5, 0.6) is 0 Å². The number of hydrogen-bond acceptors (Lipinski definition) is 2. The molecule has 0 amide bonds. The van der Waals surface area contributed by atoms with Crippen LogP contribution in [-0.2, 0) is 20.1 Å². The molecule has 8 heteroatoms. The second-order valence-corrected chi connectivity index (χ2v) is 7.42. The molecule has 0 spiro atoms. The summed E-state index contributed by atoms with van der Waals surface area (Å²) in [5.74, 6) is -2.53. The van der Waals surface area contributed by atoms with E-state index < -0.39 is 23.3 Å². The van der Waals surface area contributed by atoms with E-state index in [4.69, 9.17) is 0 Å². The third-order valence-electron chi connectivity index (χ3n) is 4.65. The summed E-state index contributed by atoms with van der Waals surface area (Å²) < 4.78 is 51.6. The number of halogens is 4. The number of pyridine rings is 1. The zero-order valence-electron chi connectivity index (χ0n) is 20.4. The van der Waals surface area contributed by atoms with Crippen LogP contribution < -0.4 is 4.98 Å². The van der Waals surface area contributed by atoms with Crippen molar-refractivity contribution in [2.24, 2.45) is 4.99 Å². The van der Waals surface area contributed by atoms with Gasteiger partial charge in [-0.25, -0.2) is 0 Å². The standard InChI is InChI=1S/C12H6F2.C11H6F2N.C8H9N2.Ir/c13-10-6-7-11(12(14)8-10)9-4-2-1-3-5-9;12-8-4-5-9(10(13)7-8)11-3-1-2-6-14-11;1-2-5-9-7-8-4-3-6-10-8;/h1-4,6,8H;1-4,6-7H;2-4,6-7H,1,5H2;/q;2*-1;+3. The minimum Gasteiger partial charge on any atom is -0.663 e. The average Bonchev–Trinajstić information content (AvgIpc) is 3.44. The average molecular weight is 704 g/mol. The molecule has 0 saturated heterocycles. The Balaban J connectivity index is 0.000000206. The number of aromatic nitrogens is 2. The number of allylic oxidation sites excluding steroid dienone is 6. The predicted octanol–water partition coefficient (Wildman–Crippen LogP) is 7.15. The summed E-state index contributed by atoms with van der Waals surface area (Å²) >= 11 is 0. The molecule has 0 radical (unpaired) electrons. The first kappa shape index (κ1) is 31.0. The van der Waals surface area contributed by atoms with Crippen molar-refractivity contribution in [3.63, 3.8) is 0 Å². The minimum atomic E-state index is -0.649. The number of hydrogen-bond donors (Lipinski definition) is 0. The largest absolute Gasteiger partial charge is 3.00 e. The smallest absolute Gasteiger partial charge is 0.663 e. The van der Waals surface area contributed by atoms with Crippen molar-refractivity contribution in [3.8, 4) is 11.3 Å². The molecule has 39 heavy (non-hydrogen) atoms. The van der Waals surface area contributed by atoms with Gasteiger partial charge in [-0.05, 0) is 29.5 Å². The number of nitrogens with zero attached hydrogens (tertiary/aromatic N) is 3. The van der Waals surface area contributed by atoms with Crippen LogP contribution in [0.4, 0.5) is 17.6 Å². The molecule has 0 bridgehead atoms. The van der Waals surface area contributed by atoms with Crippen molar-refractivity contribution in [1.82, 2.24) is 9.97 Å². The van der Waals surface area contributed by atoms with Crippen molar-refractivity contribution >= 4 is 11.8 Å². The molecule has 4 aromatic rings. The first-order valence-corrected chi connectivity index (χ1v) is 11.3. The van der Waals surface area contributed by atoms with Crippen molar-refractivity contribution < 1.29 is 37.7 Å². The molecule has 0 aliphatic heterocycles. The predicted molar refractivity (Wildman–Crippen MR) is 141 cm³/mol. The summed E-state index contributed by atoms with van der Waals surface area (Å²) in [5, 5.41) is 0. The fraction of sp³-hybridized carbons (Fsp3) is 0.0323. The van der Waals surface area contributed by atoms with Crippen LogP contribution in [0.25, 0.3) is 16.8 Å². The maximum atomic E-state index is 13.2. The van der Waals surface area contributed by atoms with Gasteiger partial charge < -0.3 is 9.97 Å². The van der Waals surface area contributed by atoms with Crippen molar-refractivity contribution in [1.29, 1.82) is 0 Å². The molecule has 0 unspecified atom stereocenters. The van der Waals surface area contributed by atoms with Crippen LogP contribution in [0.2, 0.25) is 0 Å². The SMILES string of the molecule is C=CCN=Cc1ccc[n-]1.Fc1c[c-]c(-c2ccccn2)c(F)c1.Fc1c[c-]c(C2=CC=CC=[C+]2)c(F)c1.[Ir+3]. The van der Waals surface area contributed by atoms with E-state index in [1.165, 1.54) is 0 Å². The molecule has 2 aromatic carbocycles. The first-order chi connectivity index (χ1) is 18.5. The molecule has 196 valence electrons. The van der Waals surface area contributed by atoms with Gasteiger partial charge in [0, 0.05) is 42.0 Å². The second-order valence-electron chi connectivity index (χ2n) is 7.42. The van der Waals surface area contributed by atoms with Crippen molar-refractivity contribution in [2.45, 2.75) is 0 Å². The van der Waals surface area contributed by atoms with E-state index in [9.17, 15) is 17.6 Å². The van der Waals surface area contributed by atoms with Gasteiger partial charge in [-0.1, -0.05) is 54.1 Å². The second kappa shape index (κ2) is 16.6. The monoisotopic (exact) mass is 704 g/mol. The van der Waals surface area contributed by atoms with Gasteiger partial charge in [0.2, 0.25) is 0 Å². The summed E-state index contributed by atoms with van der Waals surface area (Å²) in [4.78, 5) is 12.0. The Morgan fingerprint density at radius 3 is 2.21 bits per heavy atom. The third kappa shape index (κ3) is 10.2. The zero-order valence-corrected chi connectivity index (χ0v) is 22.8. The Labute approximate surface area is 238 Å². The molecule has 0 fully saturated rings. The Kier molecular flexibility index (Phi) is 13.2. The van der Waals surface area contributed by atoms with E-state index in [0.29, 0.717) is 17.8 Å². The normalized spacial score (nSPS) is 11.2. The maximum Gasteiger partial charge on any atom is 3.00 e. The summed E-state index contributed by atoms with van der Waals surface area (Å²) in [7, 11) is 0. The maximum absolute atomic E-state index is 13.2. The molecular formula is C31H21F4IrN3+. The van der Waals surface area contributed by atoms with Crippen molar-refractivity contribution in [3.05, 3.63) is 157 Å². The number of aliphatic imine (C=N–C) groups is 1. The molecule has 2 heterocycles. The molecule has 3 nitrogen and oxygen atoms in total. The van der Waals surface area contributed by atoms with Gasteiger partial charge in [0.05, 0.1) is 24.0 Å². The molecule has 0 saturated carbocycles. The fourth-order valence-corrected chi connectivity index (χ4v) is 2.96. The van der Waals surface area contributed by atoms with Crippen molar-refractivity contribution in [2.75, 3.05) is 6.54 Å². The van der Waals surface area contributed by atoms with Gasteiger partial charge in [0.25, 0.3) is 0 Å². The Morgan fingerprint density at radius 1 is 0.949 bits per heavy atom. The van der Waals surface area contributed by atoms with E-state index in [2.05, 4.69) is 39.7 Å². The first-order valence-electron chi connectivity index (χ1n) is 11.3. The van der Waals surface area contributed by atoms with Crippen LogP contribution in [-0.4, -0.2) is 17.7 Å². The summed E-state index contributed by atoms with van der Waals surface area (Å²) in [6, 6.07) is 17.8. The minimum absolute atomic E-state index is 0. The van der Waals surface area contributed by atoms with Crippen LogP contribution >= 0.6 is 0 Å². The van der Waals surface area contributed by atoms with Gasteiger partial charge in [0.15, 0.2) is 0 Å². The topological polar surface area (TPSA) is 39.4 Å². The molecule has 1 aliphatic carbocycles. The third-order valence-corrected chi connectivity index (χ3v) is 4.65. The molecule has 1 aliphatic rings. The quantitative estimate of drug-likeness (QED) is 0.0960. The van der Waals surface area contributed by atoms with E-state index >= 15 is 0 Å². The van der Waals surface area contributed by atoms with E-state index in [0.717, 1.165) is 30.0 Å². The van der Waals surface area contributed by atoms with E-state index in [1.807, 2.05) is 12.1 Å². The summed E-state index contributed by atoms with van der Waals surface area (Å²) in [5.41, 5.74) is 2.36. The van der Waals surface area contributed by atoms with Crippen LogP contribution in [0.1, 0.15) is 11.3 Å². The summed E-state index contributed by atoms with van der Waals surface area (Å²) in [6.45, 7) is 4.20. The number of rotatable bonds is 5. The zero-order chi connectivity index (χ0) is 27.2. The van der Waals surface area contributed by atoms with E-state index in [-0.39, 0.29) is 31.2 Å². The fourth-order valence-electron chi connectivity index (χ4n) is 2.96. The Morgan fingerprint density at radius 2 is 1.67 bits per heavy atom. The van der Waals surface area contributed by atoms with Gasteiger partial charge >= 0.3 is 20.1 Å². The molecule has 5 rings (SSSR count). The van der Waals surface area contributed by atoms with Gasteiger partial charge in [-0.3, -0.25) is 22.6 Å². The Hall–Kier alpha value is -4.22. The van der Waals surface area contributed by atoms with Crippen LogP contribution in [0.3, 0.4) is 0 Å². The van der Waals surface area contributed by atoms with Gasteiger partial charge in [-0.2, -0.15) is 6.20 Å². The molecule has 2 aromatic heterocycles. The van der Waals surface area contributed by atoms with Gasteiger partial charge in [0.1, 0.15) is 0 Å². The molecule has 0 atom stereocenters. The van der Waals surface area contributed by atoms with Crippen LogP contribution in [0.15, 0.2) is 109 Å². The Bertz CT molecular complexity index is 1440. The molecular weight excluding hydrogens is 683 g/mol. The van der Waals surface area contributed by atoms with Crippen LogP contribution in [0, 0.1) is 41.5 Å². The van der Waals surface area contributed by atoms with E-state index in [1.54, 1.807) is 67.2 Å². The summed E-state index contributed by atoms with van der Waals surface area (Å²) in [6.07, 6.45) is 16.6. The number of benzene rings is 2.